The maximum absolute atomic E-state index is 14.8. The number of benzene rings is 2. The van der Waals surface area contributed by atoms with Gasteiger partial charge in [-0.1, -0.05) is 0 Å². The van der Waals surface area contributed by atoms with Crippen LogP contribution in [-0.2, 0) is 4.79 Å². The summed E-state index contributed by atoms with van der Waals surface area (Å²) in [4.78, 5) is 31.1. The number of aromatic nitrogens is 3. The van der Waals surface area contributed by atoms with E-state index in [1.54, 1.807) is 18.2 Å². The smallest absolute Gasteiger partial charge is 0.251 e. The third-order valence-corrected chi connectivity index (χ3v) is 7.64. The van der Waals surface area contributed by atoms with Gasteiger partial charge in [0, 0.05) is 55.6 Å². The molecule has 0 saturated carbocycles. The van der Waals surface area contributed by atoms with Crippen molar-refractivity contribution < 1.29 is 19.0 Å². The molecule has 4 atom stereocenters. The number of anilines is 3. The number of nitrogens with one attached hydrogen (secondary N) is 1. The fourth-order valence-electron chi connectivity index (χ4n) is 5.39. The van der Waals surface area contributed by atoms with Gasteiger partial charge in [-0.2, -0.15) is 10.2 Å². The van der Waals surface area contributed by atoms with E-state index in [9.17, 15) is 19.6 Å². The van der Waals surface area contributed by atoms with Crippen molar-refractivity contribution in [1.29, 1.82) is 5.26 Å². The van der Waals surface area contributed by atoms with Crippen LogP contribution in [0.5, 0.6) is 5.75 Å². The van der Waals surface area contributed by atoms with Gasteiger partial charge in [0.1, 0.15) is 30.4 Å². The number of aliphatic hydroxyl groups excluding tert-OH is 1. The number of aliphatic hydroxyl groups is 1. The average molecular weight is 575 g/mol. The highest BCUT2D eigenvalue weighted by Gasteiger charge is 2.34. The fraction of sp³-hybridized carbons (Fsp3) is 0.433. The van der Waals surface area contributed by atoms with Gasteiger partial charge >= 0.3 is 0 Å². The Bertz CT molecular complexity index is 1450. The quantitative estimate of drug-likeness (QED) is 0.434. The number of rotatable bonds is 7. The molecule has 3 aromatic rings. The van der Waals surface area contributed by atoms with E-state index in [0.717, 1.165) is 25.3 Å². The van der Waals surface area contributed by atoms with Crippen LogP contribution in [0.25, 0.3) is 11.4 Å². The Morgan fingerprint density at radius 2 is 1.95 bits per heavy atom. The fourth-order valence-corrected chi connectivity index (χ4v) is 5.39. The summed E-state index contributed by atoms with van der Waals surface area (Å²) in [6.07, 6.45) is -1.82. The number of nitriles is 1. The highest BCUT2D eigenvalue weighted by Crippen LogP contribution is 2.29. The molecule has 0 bridgehead atoms. The summed E-state index contributed by atoms with van der Waals surface area (Å²) in [5.41, 5.74) is 2.80. The summed E-state index contributed by atoms with van der Waals surface area (Å²) in [6, 6.07) is 15.6. The summed E-state index contributed by atoms with van der Waals surface area (Å²) in [5, 5.41) is 22.5. The molecule has 5 rings (SSSR count). The van der Waals surface area contributed by atoms with Crippen molar-refractivity contribution in [2.75, 3.05) is 50.0 Å². The van der Waals surface area contributed by atoms with Gasteiger partial charge in [-0.15, -0.1) is 0 Å². The van der Waals surface area contributed by atoms with Gasteiger partial charge in [0.2, 0.25) is 5.95 Å². The third kappa shape index (κ3) is 6.58. The van der Waals surface area contributed by atoms with Crippen molar-refractivity contribution in [3.8, 4) is 23.2 Å². The zero-order chi connectivity index (χ0) is 29.8. The number of likely N-dealkylation sites (tertiary alicyclic amines) is 1. The van der Waals surface area contributed by atoms with Crippen molar-refractivity contribution in [2.45, 2.75) is 44.7 Å². The van der Waals surface area contributed by atoms with Gasteiger partial charge < -0.3 is 29.9 Å². The highest BCUT2D eigenvalue weighted by molar-refractivity contribution is 5.80. The van der Waals surface area contributed by atoms with Crippen LogP contribution in [0.1, 0.15) is 25.8 Å². The number of piperidine rings is 1. The first-order chi connectivity index (χ1) is 20.2. The standard InChI is InChI=1S/C30H35FN8O3/c1-19-16-37(3)12-13-39(19)24-7-5-23(6-8-24)35-30-34-18-33-28(36-30)21-4-9-26(22(14-21)15-32)42-27-10-11-38(17-25(27)31)29(41)20(2)40/h4-9,14,18-20,25,27,40H,10-13,16-17H2,1-3H3,(H,33,34,35,36)/t19?,20?,25-,27+/m1/s1. The van der Waals surface area contributed by atoms with Crippen molar-refractivity contribution in [3.05, 3.63) is 54.4 Å². The molecule has 2 aliphatic heterocycles. The molecule has 2 saturated heterocycles. The molecule has 0 aliphatic carbocycles. The maximum Gasteiger partial charge on any atom is 0.251 e. The molecule has 220 valence electrons. The van der Waals surface area contributed by atoms with Crippen molar-refractivity contribution in [1.82, 2.24) is 24.8 Å². The number of alkyl halides is 1. The number of carbonyl (C=O) groups is 1. The highest BCUT2D eigenvalue weighted by atomic mass is 19.1. The first-order valence-corrected chi connectivity index (χ1v) is 14.0. The number of hydrogen-bond acceptors (Lipinski definition) is 10. The summed E-state index contributed by atoms with van der Waals surface area (Å²) < 4.78 is 20.7. The van der Waals surface area contributed by atoms with Crippen LogP contribution in [0.2, 0.25) is 0 Å². The van der Waals surface area contributed by atoms with Gasteiger partial charge in [0.15, 0.2) is 12.0 Å². The lowest BCUT2D eigenvalue weighted by molar-refractivity contribution is -0.143. The minimum Gasteiger partial charge on any atom is -0.486 e. The van der Waals surface area contributed by atoms with E-state index >= 15 is 0 Å². The molecule has 2 aliphatic rings. The lowest BCUT2D eigenvalue weighted by Gasteiger charge is -2.39. The lowest BCUT2D eigenvalue weighted by atomic mass is 10.0. The van der Waals surface area contributed by atoms with Crippen molar-refractivity contribution in [2.24, 2.45) is 0 Å². The van der Waals surface area contributed by atoms with Gasteiger partial charge in [-0.05, 0) is 63.4 Å². The number of halogens is 1. The first kappa shape index (κ1) is 29.2. The molecule has 0 spiro atoms. The van der Waals surface area contributed by atoms with E-state index < -0.39 is 24.3 Å². The molecule has 2 aromatic carbocycles. The SMILES string of the molecule is CC(O)C(=O)N1CC[C@H](Oc2ccc(-c3ncnc(Nc4ccc(N5CCN(C)CC5C)cc4)n3)cc2C#N)[C@H](F)C1. The van der Waals surface area contributed by atoms with Crippen molar-refractivity contribution in [3.63, 3.8) is 0 Å². The summed E-state index contributed by atoms with van der Waals surface area (Å²) in [5.74, 6) is 0.457. The van der Waals surface area contributed by atoms with E-state index in [2.05, 4.69) is 62.2 Å². The molecule has 2 fully saturated rings. The Hall–Kier alpha value is -4.34. The molecular weight excluding hydrogens is 539 g/mol. The Morgan fingerprint density at radius 3 is 2.64 bits per heavy atom. The molecule has 1 amide bonds. The van der Waals surface area contributed by atoms with Crippen LogP contribution in [0, 0.1) is 11.3 Å². The second-order valence-electron chi connectivity index (χ2n) is 10.9. The van der Waals surface area contributed by atoms with E-state index in [4.69, 9.17) is 4.74 Å². The molecule has 0 radical (unpaired) electrons. The predicted molar refractivity (Wildman–Crippen MR) is 156 cm³/mol. The molecule has 3 heterocycles. The average Bonchev–Trinajstić information content (AvgIpc) is 2.98. The monoisotopic (exact) mass is 574 g/mol. The van der Waals surface area contributed by atoms with Crippen LogP contribution in [-0.4, -0.2) is 100.0 Å². The number of carbonyl (C=O) groups excluding carboxylic acids is 1. The summed E-state index contributed by atoms with van der Waals surface area (Å²) in [6.45, 7) is 6.71. The van der Waals surface area contributed by atoms with Crippen LogP contribution in [0.15, 0.2) is 48.8 Å². The predicted octanol–water partition coefficient (Wildman–Crippen LogP) is 2.99. The minimum absolute atomic E-state index is 0.174. The zero-order valence-electron chi connectivity index (χ0n) is 23.9. The summed E-state index contributed by atoms with van der Waals surface area (Å²) >= 11 is 0. The second kappa shape index (κ2) is 12.7. The number of piperazine rings is 1. The lowest BCUT2D eigenvalue weighted by Crippen LogP contribution is -2.51. The number of hydrogen-bond donors (Lipinski definition) is 2. The maximum atomic E-state index is 14.8. The van der Waals surface area contributed by atoms with Crippen LogP contribution >= 0.6 is 0 Å². The Labute approximate surface area is 244 Å². The van der Waals surface area contributed by atoms with Gasteiger partial charge in [-0.25, -0.2) is 14.4 Å². The third-order valence-electron chi connectivity index (χ3n) is 7.64. The Balaban J connectivity index is 1.25. The molecule has 11 nitrogen and oxygen atoms in total. The van der Waals surface area contributed by atoms with Crippen molar-refractivity contribution >= 4 is 23.2 Å². The normalized spacial score (nSPS) is 21.9. The number of amides is 1. The van der Waals surface area contributed by atoms with Crippen LogP contribution in [0.4, 0.5) is 21.7 Å². The topological polar surface area (TPSA) is 131 Å². The largest absolute Gasteiger partial charge is 0.486 e. The second-order valence-corrected chi connectivity index (χ2v) is 10.9. The Kier molecular flexibility index (Phi) is 8.80. The van der Waals surface area contributed by atoms with Gasteiger partial charge in [0.25, 0.3) is 5.91 Å². The molecular formula is C30H35FN8O3. The van der Waals surface area contributed by atoms with Gasteiger partial charge in [-0.3, -0.25) is 4.79 Å². The van der Waals surface area contributed by atoms with Gasteiger partial charge in [0.05, 0.1) is 12.1 Å². The molecule has 2 N–H and O–H groups in total. The van der Waals surface area contributed by atoms with Crippen LogP contribution in [0.3, 0.4) is 0 Å². The van der Waals surface area contributed by atoms with E-state index in [0.29, 0.717) is 23.4 Å². The Morgan fingerprint density at radius 1 is 1.17 bits per heavy atom. The minimum atomic E-state index is -1.45. The molecule has 42 heavy (non-hydrogen) atoms. The molecule has 2 unspecified atom stereocenters. The van der Waals surface area contributed by atoms with E-state index in [1.807, 2.05) is 12.1 Å². The summed E-state index contributed by atoms with van der Waals surface area (Å²) in [7, 11) is 2.14. The van der Waals surface area contributed by atoms with E-state index in [1.165, 1.54) is 23.8 Å². The molecule has 1 aromatic heterocycles. The van der Waals surface area contributed by atoms with Crippen LogP contribution < -0.4 is 15.0 Å². The number of ether oxygens (including phenoxy) is 1. The first-order valence-electron chi connectivity index (χ1n) is 14.0. The number of nitrogens with zero attached hydrogens (tertiary/aromatic N) is 7. The van der Waals surface area contributed by atoms with E-state index in [-0.39, 0.29) is 30.8 Å². The molecule has 12 heteroatoms. The number of likely N-dealkylation sites (N-methyl/N-ethyl adjacent to an activating group) is 1. The zero-order valence-corrected chi connectivity index (χ0v) is 23.9.